The molecular formula is C18H24N4O3. The topological polar surface area (TPSA) is 70.7 Å². The van der Waals surface area contributed by atoms with E-state index in [1.165, 1.54) is 5.56 Å². The molecule has 0 spiro atoms. The van der Waals surface area contributed by atoms with Gasteiger partial charge in [-0.15, -0.1) is 0 Å². The van der Waals surface area contributed by atoms with Crippen molar-refractivity contribution >= 4 is 17.5 Å². The van der Waals surface area contributed by atoms with Crippen LogP contribution in [-0.4, -0.2) is 49.5 Å². The molecule has 134 valence electrons. The second-order valence-electron chi connectivity index (χ2n) is 5.90. The Balaban J connectivity index is 1.75. The van der Waals surface area contributed by atoms with Crippen molar-refractivity contribution in [3.8, 4) is 0 Å². The summed E-state index contributed by atoms with van der Waals surface area (Å²) in [5, 5.41) is 0. The first-order valence-corrected chi connectivity index (χ1v) is 8.51. The number of ether oxygens (including phenoxy) is 2. The number of carbonyl (C=O) groups excluding carboxylic acids is 1. The van der Waals surface area contributed by atoms with Gasteiger partial charge < -0.3 is 19.4 Å². The molecule has 0 fully saturated rings. The number of nitrogens with zero attached hydrogens (tertiary/aromatic N) is 3. The third kappa shape index (κ3) is 3.93. The molecule has 1 N–H and O–H groups in total. The van der Waals surface area contributed by atoms with E-state index in [9.17, 15) is 4.79 Å². The monoisotopic (exact) mass is 344 g/mol. The van der Waals surface area contributed by atoms with Crippen LogP contribution in [0.2, 0.25) is 0 Å². The van der Waals surface area contributed by atoms with Crippen LogP contribution < -0.4 is 9.80 Å². The lowest BCUT2D eigenvalue weighted by Crippen LogP contribution is -2.32. The van der Waals surface area contributed by atoms with Gasteiger partial charge in [-0.2, -0.15) is 0 Å². The lowest BCUT2D eigenvalue weighted by atomic mass is 10.1. The van der Waals surface area contributed by atoms with Crippen LogP contribution in [0.15, 0.2) is 30.7 Å². The van der Waals surface area contributed by atoms with Gasteiger partial charge in [-0.1, -0.05) is 6.07 Å². The standard InChI is InChI=1S/C18H24N4O3/c1-3-22(18(23)25-9-8-24-2)16-5-4-14-6-7-21(17(14)10-16)12-15-11-19-13-20-15/h4-5,10-11,13H,3,6-9,12H2,1-2H3,(H,19,20). The van der Waals surface area contributed by atoms with Crippen molar-refractivity contribution < 1.29 is 14.3 Å². The summed E-state index contributed by atoms with van der Waals surface area (Å²) in [7, 11) is 1.58. The predicted molar refractivity (Wildman–Crippen MR) is 96.0 cm³/mol. The van der Waals surface area contributed by atoms with Crippen LogP contribution in [0.5, 0.6) is 0 Å². The average Bonchev–Trinajstić information content (AvgIpc) is 3.26. The van der Waals surface area contributed by atoms with Crippen LogP contribution in [0, 0.1) is 0 Å². The number of amides is 1. The van der Waals surface area contributed by atoms with E-state index < -0.39 is 0 Å². The summed E-state index contributed by atoms with van der Waals surface area (Å²) in [4.78, 5) is 23.5. The molecule has 1 aromatic heterocycles. The number of nitrogens with one attached hydrogen (secondary N) is 1. The number of carbonyl (C=O) groups is 1. The van der Waals surface area contributed by atoms with Crippen molar-refractivity contribution in [3.05, 3.63) is 42.0 Å². The molecule has 1 aromatic carbocycles. The quantitative estimate of drug-likeness (QED) is 0.782. The van der Waals surface area contributed by atoms with Gasteiger partial charge >= 0.3 is 6.09 Å². The minimum absolute atomic E-state index is 0.252. The first-order valence-electron chi connectivity index (χ1n) is 8.51. The summed E-state index contributed by atoms with van der Waals surface area (Å²) in [5.41, 5.74) is 4.30. The highest BCUT2D eigenvalue weighted by Crippen LogP contribution is 2.33. The Morgan fingerprint density at radius 3 is 3.00 bits per heavy atom. The minimum atomic E-state index is -0.351. The smallest absolute Gasteiger partial charge is 0.414 e. The van der Waals surface area contributed by atoms with Gasteiger partial charge in [0.25, 0.3) is 0 Å². The highest BCUT2D eigenvalue weighted by Gasteiger charge is 2.23. The van der Waals surface area contributed by atoms with Gasteiger partial charge in [0.15, 0.2) is 0 Å². The Labute approximate surface area is 147 Å². The molecule has 1 aliphatic heterocycles. The molecule has 0 saturated heterocycles. The fraction of sp³-hybridized carbons (Fsp3) is 0.444. The summed E-state index contributed by atoms with van der Waals surface area (Å²) in [6, 6.07) is 6.15. The maximum absolute atomic E-state index is 12.3. The van der Waals surface area contributed by atoms with Crippen molar-refractivity contribution in [2.45, 2.75) is 19.9 Å². The number of fused-ring (bicyclic) bond motifs is 1. The minimum Gasteiger partial charge on any atom is -0.447 e. The number of imidazole rings is 1. The SMILES string of the molecule is CCN(C(=O)OCCOC)c1ccc2c(c1)N(Cc1c[nH]cn1)CC2. The summed E-state index contributed by atoms with van der Waals surface area (Å²) in [5.74, 6) is 0. The number of aromatic amines is 1. The summed E-state index contributed by atoms with van der Waals surface area (Å²) < 4.78 is 10.2. The van der Waals surface area contributed by atoms with Crippen LogP contribution in [0.1, 0.15) is 18.2 Å². The lowest BCUT2D eigenvalue weighted by molar-refractivity contribution is 0.103. The van der Waals surface area contributed by atoms with E-state index >= 15 is 0 Å². The maximum atomic E-state index is 12.3. The second-order valence-corrected chi connectivity index (χ2v) is 5.90. The highest BCUT2D eigenvalue weighted by molar-refractivity contribution is 5.88. The number of hydrogen-bond acceptors (Lipinski definition) is 5. The molecule has 7 heteroatoms. The molecule has 1 aliphatic rings. The Morgan fingerprint density at radius 2 is 2.28 bits per heavy atom. The molecule has 2 heterocycles. The molecule has 7 nitrogen and oxygen atoms in total. The fourth-order valence-corrected chi connectivity index (χ4v) is 3.05. The van der Waals surface area contributed by atoms with Gasteiger partial charge in [-0.25, -0.2) is 9.78 Å². The molecular weight excluding hydrogens is 320 g/mol. The molecule has 1 amide bonds. The van der Waals surface area contributed by atoms with E-state index in [0.29, 0.717) is 13.2 Å². The van der Waals surface area contributed by atoms with E-state index in [1.807, 2.05) is 19.2 Å². The van der Waals surface area contributed by atoms with Gasteiger partial charge in [-0.05, 0) is 31.0 Å². The van der Waals surface area contributed by atoms with Crippen LogP contribution in [0.3, 0.4) is 0 Å². The van der Waals surface area contributed by atoms with E-state index in [4.69, 9.17) is 9.47 Å². The normalized spacial score (nSPS) is 13.0. The summed E-state index contributed by atoms with van der Waals surface area (Å²) >= 11 is 0. The van der Waals surface area contributed by atoms with Crippen molar-refractivity contribution in [2.75, 3.05) is 43.2 Å². The van der Waals surface area contributed by atoms with Crippen LogP contribution in [-0.2, 0) is 22.4 Å². The second kappa shape index (κ2) is 8.02. The molecule has 0 radical (unpaired) electrons. The number of aromatic nitrogens is 2. The molecule has 0 bridgehead atoms. The molecule has 0 unspecified atom stereocenters. The zero-order valence-electron chi connectivity index (χ0n) is 14.7. The number of benzene rings is 1. The Hall–Kier alpha value is -2.54. The van der Waals surface area contributed by atoms with Crippen molar-refractivity contribution in [1.82, 2.24) is 9.97 Å². The van der Waals surface area contributed by atoms with Gasteiger partial charge in [0.1, 0.15) is 6.61 Å². The molecule has 3 rings (SSSR count). The van der Waals surface area contributed by atoms with E-state index in [0.717, 1.165) is 36.6 Å². The summed E-state index contributed by atoms with van der Waals surface area (Å²) in [6.45, 7) is 4.84. The first kappa shape index (κ1) is 17.3. The van der Waals surface area contributed by atoms with Crippen molar-refractivity contribution in [3.63, 3.8) is 0 Å². The number of methoxy groups -OCH3 is 1. The Morgan fingerprint density at radius 1 is 1.40 bits per heavy atom. The van der Waals surface area contributed by atoms with Crippen LogP contribution in [0.4, 0.5) is 16.2 Å². The van der Waals surface area contributed by atoms with Gasteiger partial charge in [0.05, 0.1) is 25.2 Å². The summed E-state index contributed by atoms with van der Waals surface area (Å²) in [6.07, 6.45) is 4.26. The fourth-order valence-electron chi connectivity index (χ4n) is 3.05. The molecule has 0 saturated carbocycles. The third-order valence-corrected chi connectivity index (χ3v) is 4.33. The van der Waals surface area contributed by atoms with Crippen molar-refractivity contribution in [1.29, 1.82) is 0 Å². The molecule has 0 aliphatic carbocycles. The lowest BCUT2D eigenvalue weighted by Gasteiger charge is -2.23. The Kier molecular flexibility index (Phi) is 5.55. The predicted octanol–water partition coefficient (Wildman–Crippen LogP) is 2.58. The highest BCUT2D eigenvalue weighted by atomic mass is 16.6. The van der Waals surface area contributed by atoms with Gasteiger partial charge in [0.2, 0.25) is 0 Å². The average molecular weight is 344 g/mol. The zero-order chi connectivity index (χ0) is 17.6. The third-order valence-electron chi connectivity index (χ3n) is 4.33. The maximum Gasteiger partial charge on any atom is 0.414 e. The van der Waals surface area contributed by atoms with Crippen LogP contribution >= 0.6 is 0 Å². The van der Waals surface area contributed by atoms with E-state index in [1.54, 1.807) is 18.3 Å². The number of H-pyrrole nitrogens is 1. The van der Waals surface area contributed by atoms with Crippen molar-refractivity contribution in [2.24, 2.45) is 0 Å². The first-order chi connectivity index (χ1) is 12.2. The van der Waals surface area contributed by atoms with Gasteiger partial charge in [-0.3, -0.25) is 4.90 Å². The molecule has 25 heavy (non-hydrogen) atoms. The molecule has 0 atom stereocenters. The van der Waals surface area contributed by atoms with Gasteiger partial charge in [0, 0.05) is 37.8 Å². The number of rotatable bonds is 7. The van der Waals surface area contributed by atoms with E-state index in [-0.39, 0.29) is 12.7 Å². The Bertz CT molecular complexity index is 702. The number of anilines is 2. The zero-order valence-corrected chi connectivity index (χ0v) is 14.7. The van der Waals surface area contributed by atoms with E-state index in [2.05, 4.69) is 27.0 Å². The molecule has 2 aromatic rings. The largest absolute Gasteiger partial charge is 0.447 e. The number of hydrogen-bond donors (Lipinski definition) is 1. The van der Waals surface area contributed by atoms with Crippen LogP contribution in [0.25, 0.3) is 0 Å².